The number of hydrazone groups is 1. The van der Waals surface area contributed by atoms with Crippen LogP contribution in [0.15, 0.2) is 5.10 Å². The number of carbonyl (C=O) groups excluding carboxylic acids is 2. The number of aliphatic hydroxyl groups excluding tert-OH is 1. The van der Waals surface area contributed by atoms with Crippen molar-refractivity contribution < 1.29 is 14.7 Å². The first-order valence-corrected chi connectivity index (χ1v) is 5.62. The third-order valence-electron chi connectivity index (χ3n) is 2.19. The molecule has 7 nitrogen and oxygen atoms in total. The van der Waals surface area contributed by atoms with Gasteiger partial charge in [-0.05, 0) is 6.92 Å². The van der Waals surface area contributed by atoms with Gasteiger partial charge in [0, 0.05) is 32.5 Å². The maximum Gasteiger partial charge on any atom is 0.267 e. The zero-order valence-corrected chi connectivity index (χ0v) is 9.82. The van der Waals surface area contributed by atoms with Gasteiger partial charge in [0.15, 0.2) is 0 Å². The standard InChI is InChI=1S/C10H18N4O3/c1-7(15)6-11-4-5-12-10(17)8-2-3-9(16)14-13-8/h7,11,15H,2-6H2,1H3,(H,12,17)(H,14,16). The lowest BCUT2D eigenvalue weighted by Crippen LogP contribution is -2.40. The van der Waals surface area contributed by atoms with Crippen molar-refractivity contribution in [2.75, 3.05) is 19.6 Å². The van der Waals surface area contributed by atoms with Crippen LogP contribution in [0, 0.1) is 0 Å². The van der Waals surface area contributed by atoms with Crippen molar-refractivity contribution in [3.05, 3.63) is 0 Å². The highest BCUT2D eigenvalue weighted by atomic mass is 16.3. The Morgan fingerprint density at radius 3 is 2.88 bits per heavy atom. The Kier molecular flexibility index (Phi) is 5.58. The zero-order valence-electron chi connectivity index (χ0n) is 9.82. The van der Waals surface area contributed by atoms with Gasteiger partial charge in [0.05, 0.1) is 6.10 Å². The van der Waals surface area contributed by atoms with Crippen molar-refractivity contribution in [2.24, 2.45) is 5.10 Å². The molecule has 0 aromatic heterocycles. The fourth-order valence-corrected chi connectivity index (χ4v) is 1.32. The van der Waals surface area contributed by atoms with Crippen molar-refractivity contribution in [1.29, 1.82) is 0 Å². The minimum Gasteiger partial charge on any atom is -0.392 e. The molecule has 2 amide bonds. The third-order valence-corrected chi connectivity index (χ3v) is 2.19. The van der Waals surface area contributed by atoms with Crippen LogP contribution < -0.4 is 16.1 Å². The van der Waals surface area contributed by atoms with Crippen molar-refractivity contribution >= 4 is 17.5 Å². The van der Waals surface area contributed by atoms with E-state index in [0.717, 1.165) is 0 Å². The maximum atomic E-state index is 11.5. The van der Waals surface area contributed by atoms with E-state index in [9.17, 15) is 9.59 Å². The average Bonchev–Trinajstić information content (AvgIpc) is 2.29. The molecule has 0 spiro atoms. The van der Waals surface area contributed by atoms with Crippen LogP contribution in [0.2, 0.25) is 0 Å². The summed E-state index contributed by atoms with van der Waals surface area (Å²) in [5, 5.41) is 18.3. The lowest BCUT2D eigenvalue weighted by molar-refractivity contribution is -0.121. The van der Waals surface area contributed by atoms with Gasteiger partial charge in [0.2, 0.25) is 5.91 Å². The molecule has 7 heteroatoms. The van der Waals surface area contributed by atoms with Gasteiger partial charge < -0.3 is 15.7 Å². The molecule has 1 unspecified atom stereocenters. The molecule has 0 radical (unpaired) electrons. The Morgan fingerprint density at radius 1 is 1.53 bits per heavy atom. The normalized spacial score (nSPS) is 17.1. The number of nitrogens with zero attached hydrogens (tertiary/aromatic N) is 1. The molecule has 0 aliphatic carbocycles. The molecule has 4 N–H and O–H groups in total. The molecule has 0 saturated carbocycles. The smallest absolute Gasteiger partial charge is 0.267 e. The molecule has 1 aliphatic rings. The molecule has 96 valence electrons. The average molecular weight is 242 g/mol. The second-order valence-electron chi connectivity index (χ2n) is 3.90. The van der Waals surface area contributed by atoms with Crippen molar-refractivity contribution in [2.45, 2.75) is 25.9 Å². The molecule has 17 heavy (non-hydrogen) atoms. The fourth-order valence-electron chi connectivity index (χ4n) is 1.32. The highest BCUT2D eigenvalue weighted by molar-refractivity contribution is 6.39. The minimum atomic E-state index is -0.399. The number of aliphatic hydroxyl groups is 1. The molecule has 1 heterocycles. The summed E-state index contributed by atoms with van der Waals surface area (Å²) in [6, 6.07) is 0. The number of amides is 2. The molecular formula is C10H18N4O3. The van der Waals surface area contributed by atoms with E-state index in [1.807, 2.05) is 0 Å². The fraction of sp³-hybridized carbons (Fsp3) is 0.700. The molecule has 0 bridgehead atoms. The molecule has 0 fully saturated rings. The van der Waals surface area contributed by atoms with E-state index in [1.165, 1.54) is 0 Å². The largest absolute Gasteiger partial charge is 0.392 e. The molecule has 0 saturated heterocycles. The second-order valence-corrected chi connectivity index (χ2v) is 3.90. The zero-order chi connectivity index (χ0) is 12.7. The van der Waals surface area contributed by atoms with Crippen LogP contribution in [0.5, 0.6) is 0 Å². The van der Waals surface area contributed by atoms with E-state index in [4.69, 9.17) is 5.11 Å². The van der Waals surface area contributed by atoms with Gasteiger partial charge in [-0.25, -0.2) is 5.43 Å². The van der Waals surface area contributed by atoms with Crippen molar-refractivity contribution in [3.63, 3.8) is 0 Å². The van der Waals surface area contributed by atoms with E-state index in [0.29, 0.717) is 38.2 Å². The highest BCUT2D eigenvalue weighted by Crippen LogP contribution is 1.98. The number of hydrogen-bond donors (Lipinski definition) is 4. The van der Waals surface area contributed by atoms with E-state index >= 15 is 0 Å². The van der Waals surface area contributed by atoms with Crippen LogP contribution in [0.3, 0.4) is 0 Å². The quantitative estimate of drug-likeness (QED) is 0.418. The third kappa shape index (κ3) is 5.41. The summed E-state index contributed by atoms with van der Waals surface area (Å²) < 4.78 is 0. The van der Waals surface area contributed by atoms with Gasteiger partial charge in [0.25, 0.3) is 5.91 Å². The maximum absolute atomic E-state index is 11.5. The molecule has 1 atom stereocenters. The Balaban J connectivity index is 2.15. The van der Waals surface area contributed by atoms with Crippen molar-refractivity contribution in [1.82, 2.24) is 16.1 Å². The van der Waals surface area contributed by atoms with Gasteiger partial charge in [-0.3, -0.25) is 9.59 Å². The highest BCUT2D eigenvalue weighted by Gasteiger charge is 2.17. The van der Waals surface area contributed by atoms with E-state index < -0.39 is 6.10 Å². The van der Waals surface area contributed by atoms with Crippen LogP contribution in [-0.2, 0) is 9.59 Å². The van der Waals surface area contributed by atoms with Crippen molar-refractivity contribution in [3.8, 4) is 0 Å². The minimum absolute atomic E-state index is 0.167. The van der Waals surface area contributed by atoms with Gasteiger partial charge in [-0.15, -0.1) is 0 Å². The van der Waals surface area contributed by atoms with Crippen LogP contribution in [-0.4, -0.2) is 48.4 Å². The van der Waals surface area contributed by atoms with Crippen LogP contribution in [0.25, 0.3) is 0 Å². The molecule has 1 aliphatic heterocycles. The van der Waals surface area contributed by atoms with E-state index in [2.05, 4.69) is 21.2 Å². The lowest BCUT2D eigenvalue weighted by Gasteiger charge is -2.12. The first-order chi connectivity index (χ1) is 8.09. The number of hydrogen-bond acceptors (Lipinski definition) is 5. The number of nitrogens with one attached hydrogen (secondary N) is 3. The summed E-state index contributed by atoms with van der Waals surface area (Å²) in [6.45, 7) is 3.21. The van der Waals surface area contributed by atoms with Gasteiger partial charge in [-0.2, -0.15) is 5.10 Å². The first-order valence-electron chi connectivity index (χ1n) is 5.62. The summed E-state index contributed by atoms with van der Waals surface area (Å²) in [5.41, 5.74) is 2.62. The summed E-state index contributed by atoms with van der Waals surface area (Å²) >= 11 is 0. The number of carbonyl (C=O) groups is 2. The molecule has 0 aromatic rings. The predicted octanol–water partition coefficient (Wildman–Crippen LogP) is -1.66. The van der Waals surface area contributed by atoms with E-state index in [-0.39, 0.29) is 11.8 Å². The summed E-state index contributed by atoms with van der Waals surface area (Å²) in [6.07, 6.45) is 0.273. The second kappa shape index (κ2) is 6.97. The Bertz CT molecular complexity index is 315. The monoisotopic (exact) mass is 242 g/mol. The summed E-state index contributed by atoms with van der Waals surface area (Å²) in [4.78, 5) is 22.3. The molecular weight excluding hydrogens is 224 g/mol. The lowest BCUT2D eigenvalue weighted by atomic mass is 10.1. The summed E-state index contributed by atoms with van der Waals surface area (Å²) in [5.74, 6) is -0.427. The predicted molar refractivity (Wildman–Crippen MR) is 62.4 cm³/mol. The van der Waals surface area contributed by atoms with Gasteiger partial charge in [-0.1, -0.05) is 0 Å². The molecule has 0 aromatic carbocycles. The molecule has 1 rings (SSSR count). The van der Waals surface area contributed by atoms with Crippen LogP contribution >= 0.6 is 0 Å². The van der Waals surface area contributed by atoms with E-state index in [1.54, 1.807) is 6.92 Å². The Labute approximate surface area is 99.7 Å². The van der Waals surface area contributed by atoms with Crippen LogP contribution in [0.1, 0.15) is 19.8 Å². The Morgan fingerprint density at radius 2 is 2.29 bits per heavy atom. The first kappa shape index (κ1) is 13.6. The van der Waals surface area contributed by atoms with Crippen LogP contribution in [0.4, 0.5) is 0 Å². The van der Waals surface area contributed by atoms with Gasteiger partial charge in [0.1, 0.15) is 5.71 Å². The number of rotatable bonds is 6. The van der Waals surface area contributed by atoms with Gasteiger partial charge >= 0.3 is 0 Å². The Hall–Kier alpha value is -1.47. The SMILES string of the molecule is CC(O)CNCCNC(=O)C1=NNC(=O)CC1. The topological polar surface area (TPSA) is 103 Å². The summed E-state index contributed by atoms with van der Waals surface area (Å²) in [7, 11) is 0.